The van der Waals surface area contributed by atoms with Gasteiger partial charge in [-0.05, 0) is 48.0 Å². The second-order valence-electron chi connectivity index (χ2n) is 4.82. The molecule has 5 nitrogen and oxygen atoms in total. The minimum atomic E-state index is -2.94. The Kier molecular flexibility index (Phi) is 7.68. The summed E-state index contributed by atoms with van der Waals surface area (Å²) in [5.41, 5.74) is 2.94. The van der Waals surface area contributed by atoms with E-state index in [0.29, 0.717) is 10.6 Å². The molecule has 0 saturated carbocycles. The van der Waals surface area contributed by atoms with E-state index in [9.17, 15) is 13.6 Å². The molecule has 0 aliphatic carbocycles. The zero-order valence-corrected chi connectivity index (χ0v) is 15.2. The smallest absolute Gasteiger partial charge is 0.387 e. The van der Waals surface area contributed by atoms with E-state index in [1.807, 2.05) is 12.1 Å². The topological polar surface area (TPSA) is 59.9 Å². The van der Waals surface area contributed by atoms with Crippen LogP contribution >= 0.6 is 23.4 Å². The van der Waals surface area contributed by atoms with Crippen LogP contribution in [0, 0.1) is 0 Å². The second-order valence-corrected chi connectivity index (χ2v) is 6.31. The van der Waals surface area contributed by atoms with Gasteiger partial charge in [-0.15, -0.1) is 11.8 Å². The van der Waals surface area contributed by atoms with Gasteiger partial charge in [0.1, 0.15) is 0 Å². The molecule has 2 rings (SSSR count). The van der Waals surface area contributed by atoms with Crippen LogP contribution in [0.3, 0.4) is 0 Å². The van der Waals surface area contributed by atoms with Gasteiger partial charge in [-0.25, -0.2) is 5.43 Å². The third-order valence-electron chi connectivity index (χ3n) is 2.99. The predicted octanol–water partition coefficient (Wildman–Crippen LogP) is 4.19. The van der Waals surface area contributed by atoms with Crippen LogP contribution < -0.4 is 14.9 Å². The van der Waals surface area contributed by atoms with Gasteiger partial charge in [0.15, 0.2) is 11.5 Å². The molecule has 0 aliphatic heterocycles. The Morgan fingerprint density at radius 3 is 2.65 bits per heavy atom. The summed E-state index contributed by atoms with van der Waals surface area (Å²) < 4.78 is 33.9. The minimum Gasteiger partial charge on any atom is -0.493 e. The molecule has 2 aromatic carbocycles. The molecule has 1 N–H and O–H groups in total. The average molecular weight is 401 g/mol. The predicted molar refractivity (Wildman–Crippen MR) is 97.5 cm³/mol. The second kappa shape index (κ2) is 9.98. The summed E-state index contributed by atoms with van der Waals surface area (Å²) in [5.74, 6) is -0.0450. The summed E-state index contributed by atoms with van der Waals surface area (Å²) in [6.45, 7) is -2.94. The highest BCUT2D eigenvalue weighted by Gasteiger charge is 2.10. The van der Waals surface area contributed by atoms with Crippen LogP contribution in [0.1, 0.15) is 5.56 Å². The highest BCUT2D eigenvalue weighted by molar-refractivity contribution is 8.00. The Morgan fingerprint density at radius 2 is 2.00 bits per heavy atom. The number of rotatable bonds is 8. The van der Waals surface area contributed by atoms with Gasteiger partial charge in [0, 0.05) is 9.92 Å². The molecule has 1 amide bonds. The van der Waals surface area contributed by atoms with Crippen LogP contribution in [-0.2, 0) is 4.79 Å². The van der Waals surface area contributed by atoms with E-state index in [0.717, 1.165) is 4.90 Å². The zero-order chi connectivity index (χ0) is 18.9. The zero-order valence-electron chi connectivity index (χ0n) is 13.6. The van der Waals surface area contributed by atoms with Crippen molar-refractivity contribution in [2.45, 2.75) is 11.5 Å². The van der Waals surface area contributed by atoms with Crippen molar-refractivity contribution in [3.8, 4) is 11.5 Å². The van der Waals surface area contributed by atoms with Crippen molar-refractivity contribution in [2.24, 2.45) is 5.10 Å². The number of hydrogen-bond acceptors (Lipinski definition) is 5. The maximum atomic E-state index is 12.3. The first-order valence-electron chi connectivity index (χ1n) is 7.31. The normalized spacial score (nSPS) is 11.0. The number of hydrazone groups is 1. The number of ether oxygens (including phenoxy) is 2. The number of alkyl halides is 2. The molecule has 0 aromatic heterocycles. The Morgan fingerprint density at radius 1 is 1.27 bits per heavy atom. The van der Waals surface area contributed by atoms with Gasteiger partial charge in [0.05, 0.1) is 19.1 Å². The van der Waals surface area contributed by atoms with Crippen LogP contribution in [0.15, 0.2) is 52.5 Å². The average Bonchev–Trinajstić information content (AvgIpc) is 2.62. The first-order valence-corrected chi connectivity index (χ1v) is 8.67. The third kappa shape index (κ3) is 6.53. The van der Waals surface area contributed by atoms with Gasteiger partial charge in [-0.2, -0.15) is 13.9 Å². The number of amides is 1. The fourth-order valence-corrected chi connectivity index (χ4v) is 2.67. The van der Waals surface area contributed by atoms with Crippen molar-refractivity contribution in [3.63, 3.8) is 0 Å². The van der Waals surface area contributed by atoms with Crippen LogP contribution in [-0.4, -0.2) is 31.6 Å². The highest BCUT2D eigenvalue weighted by Crippen LogP contribution is 2.28. The lowest BCUT2D eigenvalue weighted by molar-refractivity contribution is -0.118. The molecule has 0 atom stereocenters. The molecular weight excluding hydrogens is 386 g/mol. The van der Waals surface area contributed by atoms with Gasteiger partial charge in [-0.3, -0.25) is 4.79 Å². The number of benzene rings is 2. The monoisotopic (exact) mass is 400 g/mol. The first kappa shape index (κ1) is 20.0. The quantitative estimate of drug-likeness (QED) is 0.410. The summed E-state index contributed by atoms with van der Waals surface area (Å²) in [6.07, 6.45) is 1.37. The first-order chi connectivity index (χ1) is 12.5. The maximum absolute atomic E-state index is 12.3. The van der Waals surface area contributed by atoms with Gasteiger partial charge < -0.3 is 9.47 Å². The van der Waals surface area contributed by atoms with E-state index in [2.05, 4.69) is 15.3 Å². The Bertz CT molecular complexity index is 773. The lowest BCUT2D eigenvalue weighted by atomic mass is 10.2. The number of thioether (sulfide) groups is 1. The highest BCUT2D eigenvalue weighted by atomic mass is 35.5. The van der Waals surface area contributed by atoms with Crippen molar-refractivity contribution < 1.29 is 23.0 Å². The SMILES string of the molecule is COc1cc(/C=N\NC(=O)CSc2ccc(Cl)cc2)ccc1OC(F)F. The maximum Gasteiger partial charge on any atom is 0.387 e. The molecule has 26 heavy (non-hydrogen) atoms. The molecule has 0 spiro atoms. The minimum absolute atomic E-state index is 0.0805. The molecule has 0 fully saturated rings. The van der Waals surface area contributed by atoms with Gasteiger partial charge in [0.2, 0.25) is 5.91 Å². The molecule has 0 saturated heterocycles. The number of carbonyl (C=O) groups excluding carboxylic acids is 1. The largest absolute Gasteiger partial charge is 0.493 e. The van der Waals surface area contributed by atoms with Crippen molar-refractivity contribution in [1.82, 2.24) is 5.43 Å². The Balaban J connectivity index is 1.86. The number of halogens is 3. The number of nitrogens with one attached hydrogen (secondary N) is 1. The summed E-state index contributed by atoms with van der Waals surface area (Å²) in [4.78, 5) is 12.7. The molecule has 0 heterocycles. The summed E-state index contributed by atoms with van der Waals surface area (Å²) in [6, 6.07) is 11.4. The van der Waals surface area contributed by atoms with Crippen LogP contribution in [0.2, 0.25) is 5.02 Å². The number of carbonyl (C=O) groups is 1. The summed E-state index contributed by atoms with van der Waals surface area (Å²) >= 11 is 7.14. The van der Waals surface area contributed by atoms with E-state index in [1.165, 1.54) is 43.3 Å². The van der Waals surface area contributed by atoms with E-state index >= 15 is 0 Å². The Hall–Kier alpha value is -2.32. The lowest BCUT2D eigenvalue weighted by Gasteiger charge is -2.09. The standard InChI is InChI=1S/C17H15ClF2N2O3S/c1-24-15-8-11(2-7-14(15)25-17(19)20)9-21-22-16(23)10-26-13-5-3-12(18)4-6-13/h2-9,17H,10H2,1H3,(H,22,23)/b21-9-. The van der Waals surface area contributed by atoms with Gasteiger partial charge in [-0.1, -0.05) is 11.6 Å². The molecule has 138 valence electrons. The Labute approximate surface area is 158 Å². The third-order valence-corrected chi connectivity index (χ3v) is 4.25. The van der Waals surface area contributed by atoms with Crippen molar-refractivity contribution in [1.29, 1.82) is 0 Å². The van der Waals surface area contributed by atoms with E-state index < -0.39 is 6.61 Å². The molecule has 0 unspecified atom stereocenters. The molecule has 2 aromatic rings. The molecule has 0 bridgehead atoms. The molecule has 0 radical (unpaired) electrons. The van der Waals surface area contributed by atoms with Gasteiger partial charge >= 0.3 is 6.61 Å². The van der Waals surface area contributed by atoms with Crippen molar-refractivity contribution in [2.75, 3.05) is 12.9 Å². The molecule has 9 heteroatoms. The van der Waals surface area contributed by atoms with Crippen molar-refractivity contribution >= 4 is 35.5 Å². The molecular formula is C17H15ClF2N2O3S. The van der Waals surface area contributed by atoms with Crippen LogP contribution in [0.4, 0.5) is 8.78 Å². The van der Waals surface area contributed by atoms with E-state index in [1.54, 1.807) is 12.1 Å². The number of hydrogen-bond donors (Lipinski definition) is 1. The van der Waals surface area contributed by atoms with Gasteiger partial charge in [0.25, 0.3) is 0 Å². The van der Waals surface area contributed by atoms with Crippen LogP contribution in [0.5, 0.6) is 11.5 Å². The van der Waals surface area contributed by atoms with E-state index in [-0.39, 0.29) is 23.2 Å². The lowest BCUT2D eigenvalue weighted by Crippen LogP contribution is -2.19. The van der Waals surface area contributed by atoms with Crippen LogP contribution in [0.25, 0.3) is 0 Å². The fourth-order valence-electron chi connectivity index (χ4n) is 1.85. The summed E-state index contributed by atoms with van der Waals surface area (Å²) in [7, 11) is 1.34. The number of nitrogens with zero attached hydrogens (tertiary/aromatic N) is 1. The number of methoxy groups -OCH3 is 1. The van der Waals surface area contributed by atoms with Crippen molar-refractivity contribution in [3.05, 3.63) is 53.1 Å². The fraction of sp³-hybridized carbons (Fsp3) is 0.176. The van der Waals surface area contributed by atoms with E-state index in [4.69, 9.17) is 16.3 Å². The molecule has 0 aliphatic rings. The summed E-state index contributed by atoms with van der Waals surface area (Å²) in [5, 5.41) is 4.46.